The van der Waals surface area contributed by atoms with Crippen LogP contribution in [0.2, 0.25) is 0 Å². The summed E-state index contributed by atoms with van der Waals surface area (Å²) >= 11 is 0. The van der Waals surface area contributed by atoms with Gasteiger partial charge in [0.25, 0.3) is 0 Å². The Bertz CT molecular complexity index is 256. The van der Waals surface area contributed by atoms with Crippen LogP contribution >= 0.6 is 0 Å². The van der Waals surface area contributed by atoms with E-state index in [9.17, 15) is 4.79 Å². The summed E-state index contributed by atoms with van der Waals surface area (Å²) in [4.78, 5) is 16.4. The first-order chi connectivity index (χ1) is 8.79. The van der Waals surface area contributed by atoms with Crippen molar-refractivity contribution in [2.45, 2.75) is 45.1 Å². The fourth-order valence-electron chi connectivity index (χ4n) is 2.99. The van der Waals surface area contributed by atoms with Crippen molar-refractivity contribution in [2.75, 3.05) is 39.3 Å². The Morgan fingerprint density at radius 2 is 1.83 bits per heavy atom. The predicted octanol–water partition coefficient (Wildman–Crippen LogP) is 1.07. The van der Waals surface area contributed by atoms with Crippen LogP contribution in [0.5, 0.6) is 0 Å². The first kappa shape index (κ1) is 13.8. The molecule has 2 heterocycles. The van der Waals surface area contributed by atoms with E-state index in [1.807, 2.05) is 4.90 Å². The van der Waals surface area contributed by atoms with Crippen LogP contribution in [0.1, 0.15) is 39.0 Å². The maximum atomic E-state index is 11.9. The normalized spacial score (nSPS) is 22.6. The lowest BCUT2D eigenvalue weighted by Gasteiger charge is -2.32. The molecular weight excluding hydrogens is 226 g/mol. The zero-order valence-corrected chi connectivity index (χ0v) is 11.7. The third-order valence-electron chi connectivity index (χ3n) is 4.13. The highest BCUT2D eigenvalue weighted by atomic mass is 16.2. The summed E-state index contributed by atoms with van der Waals surface area (Å²) in [5.41, 5.74) is 0. The average molecular weight is 253 g/mol. The Kier molecular flexibility index (Phi) is 5.45. The number of rotatable bonds is 5. The summed E-state index contributed by atoms with van der Waals surface area (Å²) in [5, 5.41) is 3.44. The molecule has 0 radical (unpaired) electrons. The van der Waals surface area contributed by atoms with Gasteiger partial charge in [-0.05, 0) is 51.7 Å². The second kappa shape index (κ2) is 7.10. The number of carbonyl (C=O) groups is 1. The summed E-state index contributed by atoms with van der Waals surface area (Å²) in [5.74, 6) is 0.295. The van der Waals surface area contributed by atoms with E-state index < -0.39 is 0 Å². The van der Waals surface area contributed by atoms with Crippen LogP contribution in [0, 0.1) is 0 Å². The second-order valence-electron chi connectivity index (χ2n) is 5.58. The first-order valence-corrected chi connectivity index (χ1v) is 7.53. The molecular formula is C14H27N3O. The lowest BCUT2D eigenvalue weighted by molar-refractivity contribution is -0.129. The van der Waals surface area contributed by atoms with Crippen molar-refractivity contribution in [1.82, 2.24) is 15.1 Å². The third kappa shape index (κ3) is 3.95. The van der Waals surface area contributed by atoms with Crippen LogP contribution in [0.4, 0.5) is 0 Å². The number of hydrogen-bond donors (Lipinski definition) is 1. The number of hydrogen-bond acceptors (Lipinski definition) is 3. The smallest absolute Gasteiger partial charge is 0.236 e. The van der Waals surface area contributed by atoms with Crippen molar-refractivity contribution >= 4 is 5.91 Å². The summed E-state index contributed by atoms with van der Waals surface area (Å²) < 4.78 is 0. The van der Waals surface area contributed by atoms with E-state index in [1.165, 1.54) is 51.7 Å². The summed E-state index contributed by atoms with van der Waals surface area (Å²) in [6, 6.07) is 0.546. The Hall–Kier alpha value is -0.610. The van der Waals surface area contributed by atoms with E-state index in [-0.39, 0.29) is 0 Å². The molecule has 0 aromatic rings. The predicted molar refractivity (Wildman–Crippen MR) is 73.6 cm³/mol. The number of piperidine rings is 1. The Balaban J connectivity index is 1.61. The van der Waals surface area contributed by atoms with Crippen molar-refractivity contribution in [2.24, 2.45) is 0 Å². The Morgan fingerprint density at radius 1 is 1.17 bits per heavy atom. The van der Waals surface area contributed by atoms with Crippen molar-refractivity contribution in [1.29, 1.82) is 0 Å². The minimum absolute atomic E-state index is 0.295. The van der Waals surface area contributed by atoms with Crippen molar-refractivity contribution in [3.63, 3.8) is 0 Å². The van der Waals surface area contributed by atoms with E-state index in [0.29, 0.717) is 18.5 Å². The van der Waals surface area contributed by atoms with Gasteiger partial charge in [-0.25, -0.2) is 0 Å². The van der Waals surface area contributed by atoms with Crippen LogP contribution in [-0.4, -0.2) is 61.0 Å². The molecule has 2 rings (SSSR count). The summed E-state index contributed by atoms with van der Waals surface area (Å²) in [7, 11) is 0. The molecule has 4 nitrogen and oxygen atoms in total. The van der Waals surface area contributed by atoms with Crippen molar-refractivity contribution in [3.8, 4) is 0 Å². The molecule has 1 amide bonds. The molecule has 0 atom stereocenters. The van der Waals surface area contributed by atoms with Gasteiger partial charge >= 0.3 is 0 Å². The fraction of sp³-hybridized carbons (Fsp3) is 0.929. The number of amides is 1. The van der Waals surface area contributed by atoms with Gasteiger partial charge < -0.3 is 15.1 Å². The monoisotopic (exact) mass is 253 g/mol. The van der Waals surface area contributed by atoms with Crippen LogP contribution in [-0.2, 0) is 4.79 Å². The molecule has 4 heteroatoms. The zero-order chi connectivity index (χ0) is 12.8. The number of nitrogens with one attached hydrogen (secondary N) is 1. The van der Waals surface area contributed by atoms with Gasteiger partial charge in [-0.3, -0.25) is 4.79 Å². The second-order valence-corrected chi connectivity index (χ2v) is 5.58. The highest BCUT2D eigenvalue weighted by Crippen LogP contribution is 2.11. The third-order valence-corrected chi connectivity index (χ3v) is 4.13. The zero-order valence-electron chi connectivity index (χ0n) is 11.7. The van der Waals surface area contributed by atoms with E-state index in [0.717, 1.165) is 13.1 Å². The van der Waals surface area contributed by atoms with Crippen LogP contribution < -0.4 is 5.32 Å². The average Bonchev–Trinajstić information content (AvgIpc) is 2.92. The number of carbonyl (C=O) groups excluding carboxylic acids is 1. The molecule has 104 valence electrons. The highest BCUT2D eigenvalue weighted by molar-refractivity contribution is 5.78. The Morgan fingerprint density at radius 3 is 2.44 bits per heavy atom. The molecule has 2 saturated heterocycles. The SMILES string of the molecule is CCCN1CCC(NCC(=O)N2CCCC2)CC1. The van der Waals surface area contributed by atoms with Gasteiger partial charge in [0.1, 0.15) is 0 Å². The number of nitrogens with zero attached hydrogens (tertiary/aromatic N) is 2. The molecule has 1 N–H and O–H groups in total. The van der Waals surface area contributed by atoms with E-state index >= 15 is 0 Å². The molecule has 0 aromatic carbocycles. The molecule has 18 heavy (non-hydrogen) atoms. The van der Waals surface area contributed by atoms with E-state index in [4.69, 9.17) is 0 Å². The molecule has 2 aliphatic rings. The molecule has 0 aromatic heterocycles. The summed E-state index contributed by atoms with van der Waals surface area (Å²) in [6.45, 7) is 8.30. The fourth-order valence-corrected chi connectivity index (χ4v) is 2.99. The molecule has 0 bridgehead atoms. The maximum absolute atomic E-state index is 11.9. The Labute approximate surface area is 111 Å². The van der Waals surface area contributed by atoms with Crippen LogP contribution in [0.25, 0.3) is 0 Å². The maximum Gasteiger partial charge on any atom is 0.236 e. The van der Waals surface area contributed by atoms with Gasteiger partial charge in [-0.1, -0.05) is 6.92 Å². The van der Waals surface area contributed by atoms with E-state index in [2.05, 4.69) is 17.1 Å². The molecule has 2 fully saturated rings. The topological polar surface area (TPSA) is 35.6 Å². The quantitative estimate of drug-likeness (QED) is 0.796. The highest BCUT2D eigenvalue weighted by Gasteiger charge is 2.21. The van der Waals surface area contributed by atoms with Crippen molar-refractivity contribution in [3.05, 3.63) is 0 Å². The van der Waals surface area contributed by atoms with Gasteiger partial charge in [0, 0.05) is 19.1 Å². The van der Waals surface area contributed by atoms with Gasteiger partial charge in [0.15, 0.2) is 0 Å². The van der Waals surface area contributed by atoms with Crippen molar-refractivity contribution < 1.29 is 4.79 Å². The first-order valence-electron chi connectivity index (χ1n) is 7.53. The lowest BCUT2D eigenvalue weighted by atomic mass is 10.0. The molecule has 0 saturated carbocycles. The minimum atomic E-state index is 0.295. The minimum Gasteiger partial charge on any atom is -0.342 e. The molecule has 0 aliphatic carbocycles. The van der Waals surface area contributed by atoms with Gasteiger partial charge in [-0.15, -0.1) is 0 Å². The molecule has 2 aliphatic heterocycles. The molecule has 0 spiro atoms. The van der Waals surface area contributed by atoms with Gasteiger partial charge in [-0.2, -0.15) is 0 Å². The van der Waals surface area contributed by atoms with Gasteiger partial charge in [0.2, 0.25) is 5.91 Å². The standard InChI is InChI=1S/C14H27N3O/c1-2-7-16-10-5-13(6-11-16)15-12-14(18)17-8-3-4-9-17/h13,15H,2-12H2,1H3. The number of likely N-dealkylation sites (tertiary alicyclic amines) is 2. The van der Waals surface area contributed by atoms with Crippen LogP contribution in [0.3, 0.4) is 0 Å². The van der Waals surface area contributed by atoms with E-state index in [1.54, 1.807) is 0 Å². The van der Waals surface area contributed by atoms with Gasteiger partial charge in [0.05, 0.1) is 6.54 Å². The molecule has 0 unspecified atom stereocenters. The largest absolute Gasteiger partial charge is 0.342 e. The summed E-state index contributed by atoms with van der Waals surface area (Å²) in [6.07, 6.45) is 5.98. The van der Waals surface area contributed by atoms with Crippen LogP contribution in [0.15, 0.2) is 0 Å². The lowest BCUT2D eigenvalue weighted by Crippen LogP contribution is -2.46.